The van der Waals surface area contributed by atoms with Gasteiger partial charge in [-0.2, -0.15) is 0 Å². The van der Waals surface area contributed by atoms with Crippen molar-refractivity contribution < 1.29 is 9.59 Å². The van der Waals surface area contributed by atoms with E-state index in [1.165, 1.54) is 11.8 Å². The quantitative estimate of drug-likeness (QED) is 0.361. The van der Waals surface area contributed by atoms with Crippen LogP contribution in [0.25, 0.3) is 0 Å². The van der Waals surface area contributed by atoms with Crippen molar-refractivity contribution in [1.82, 2.24) is 10.2 Å². The minimum absolute atomic E-state index is 0.0172. The van der Waals surface area contributed by atoms with Gasteiger partial charge < -0.3 is 10.2 Å². The van der Waals surface area contributed by atoms with Gasteiger partial charge in [0.25, 0.3) is 0 Å². The Kier molecular flexibility index (Phi) is 11.0. The van der Waals surface area contributed by atoms with E-state index in [1.54, 1.807) is 48.2 Å². The number of benzene rings is 2. The topological polar surface area (TPSA) is 49.4 Å². The van der Waals surface area contributed by atoms with Crippen LogP contribution in [-0.4, -0.2) is 34.6 Å². The van der Waals surface area contributed by atoms with E-state index in [0.717, 1.165) is 17.5 Å². The standard InChI is InChI=1S/C23H26Cl4N2O2S/c1-4-14(2)28-23(31)15(3)29(11-16-8-9-20(26)21(27)10-16)22(30)13-32-12-17-18(24)6-5-7-19(17)25/h5-10,14-15H,4,11-13H2,1-3H3,(H,28,31). The second kappa shape index (κ2) is 13.0. The Balaban J connectivity index is 2.15. The van der Waals surface area contributed by atoms with Gasteiger partial charge in [-0.1, -0.05) is 65.5 Å². The van der Waals surface area contributed by atoms with Crippen molar-refractivity contribution in [2.75, 3.05) is 5.75 Å². The third-order valence-electron chi connectivity index (χ3n) is 5.04. The fourth-order valence-corrected chi connectivity index (χ4v) is 4.84. The molecule has 0 spiro atoms. The molecule has 174 valence electrons. The van der Waals surface area contributed by atoms with Gasteiger partial charge in [0.05, 0.1) is 15.8 Å². The number of hydrogen-bond acceptors (Lipinski definition) is 3. The van der Waals surface area contributed by atoms with E-state index in [-0.39, 0.29) is 30.2 Å². The summed E-state index contributed by atoms with van der Waals surface area (Å²) in [5.74, 6) is 0.283. The molecular formula is C23H26Cl4N2O2S. The average Bonchev–Trinajstić information content (AvgIpc) is 2.75. The molecule has 4 nitrogen and oxygen atoms in total. The van der Waals surface area contributed by atoms with Gasteiger partial charge in [0.2, 0.25) is 11.8 Å². The van der Waals surface area contributed by atoms with E-state index in [0.29, 0.717) is 25.8 Å². The summed E-state index contributed by atoms with van der Waals surface area (Å²) in [5, 5.41) is 4.90. The molecule has 2 amide bonds. The summed E-state index contributed by atoms with van der Waals surface area (Å²) < 4.78 is 0. The number of thioether (sulfide) groups is 1. The summed E-state index contributed by atoms with van der Waals surface area (Å²) in [4.78, 5) is 27.5. The van der Waals surface area contributed by atoms with Crippen LogP contribution in [-0.2, 0) is 21.9 Å². The lowest BCUT2D eigenvalue weighted by molar-refractivity contribution is -0.138. The van der Waals surface area contributed by atoms with Crippen LogP contribution in [0.4, 0.5) is 0 Å². The van der Waals surface area contributed by atoms with Gasteiger partial charge in [-0.15, -0.1) is 11.8 Å². The SMILES string of the molecule is CCC(C)NC(=O)C(C)N(Cc1ccc(Cl)c(Cl)c1)C(=O)CSCc1c(Cl)cccc1Cl. The van der Waals surface area contributed by atoms with E-state index in [1.807, 2.05) is 13.8 Å². The zero-order chi connectivity index (χ0) is 23.8. The Hall–Kier alpha value is -1.11. The van der Waals surface area contributed by atoms with Crippen LogP contribution in [0.5, 0.6) is 0 Å². The van der Waals surface area contributed by atoms with Crippen molar-refractivity contribution in [3.8, 4) is 0 Å². The van der Waals surface area contributed by atoms with E-state index < -0.39 is 6.04 Å². The number of carbonyl (C=O) groups excluding carboxylic acids is 2. The zero-order valence-corrected chi connectivity index (χ0v) is 22.0. The molecule has 1 N–H and O–H groups in total. The fraction of sp³-hybridized carbons (Fsp3) is 0.391. The predicted octanol–water partition coefficient (Wildman–Crippen LogP) is 6.87. The highest BCUT2D eigenvalue weighted by Gasteiger charge is 2.27. The van der Waals surface area contributed by atoms with Crippen molar-refractivity contribution in [3.05, 3.63) is 67.6 Å². The van der Waals surface area contributed by atoms with Crippen molar-refractivity contribution in [2.24, 2.45) is 0 Å². The molecule has 2 atom stereocenters. The van der Waals surface area contributed by atoms with E-state index >= 15 is 0 Å². The Morgan fingerprint density at radius 3 is 2.25 bits per heavy atom. The van der Waals surface area contributed by atoms with Crippen LogP contribution in [0, 0.1) is 0 Å². The van der Waals surface area contributed by atoms with E-state index in [4.69, 9.17) is 46.4 Å². The Morgan fingerprint density at radius 1 is 1.00 bits per heavy atom. The van der Waals surface area contributed by atoms with Gasteiger partial charge in [0, 0.05) is 28.4 Å². The highest BCUT2D eigenvalue weighted by molar-refractivity contribution is 7.99. The lowest BCUT2D eigenvalue weighted by Gasteiger charge is -2.29. The molecule has 2 rings (SSSR count). The van der Waals surface area contributed by atoms with Gasteiger partial charge in [-0.05, 0) is 55.7 Å². The molecule has 2 aromatic carbocycles. The van der Waals surface area contributed by atoms with Gasteiger partial charge in [0.1, 0.15) is 6.04 Å². The largest absolute Gasteiger partial charge is 0.352 e. The molecule has 9 heteroatoms. The molecule has 0 radical (unpaired) electrons. The number of rotatable bonds is 10. The highest BCUT2D eigenvalue weighted by Crippen LogP contribution is 2.29. The Morgan fingerprint density at radius 2 is 1.66 bits per heavy atom. The normalized spacial score (nSPS) is 12.8. The third kappa shape index (κ3) is 7.74. The Labute approximate surface area is 213 Å². The summed E-state index contributed by atoms with van der Waals surface area (Å²) in [5.41, 5.74) is 1.57. The van der Waals surface area contributed by atoms with Gasteiger partial charge >= 0.3 is 0 Å². The molecule has 0 fully saturated rings. The number of nitrogens with one attached hydrogen (secondary N) is 1. The number of hydrogen-bond donors (Lipinski definition) is 1. The lowest BCUT2D eigenvalue weighted by atomic mass is 10.1. The van der Waals surface area contributed by atoms with Gasteiger partial charge in [0.15, 0.2) is 0 Å². The predicted molar refractivity (Wildman–Crippen MR) is 137 cm³/mol. The van der Waals surface area contributed by atoms with Crippen LogP contribution >= 0.6 is 58.2 Å². The summed E-state index contributed by atoms with van der Waals surface area (Å²) in [6, 6.07) is 9.86. The molecule has 0 aliphatic heterocycles. The molecule has 2 unspecified atom stereocenters. The Bertz CT molecular complexity index is 937. The van der Waals surface area contributed by atoms with E-state index in [9.17, 15) is 9.59 Å². The van der Waals surface area contributed by atoms with Crippen LogP contribution < -0.4 is 5.32 Å². The molecule has 0 aromatic heterocycles. The number of carbonyl (C=O) groups is 2. The number of nitrogens with zero attached hydrogens (tertiary/aromatic N) is 1. The number of halogens is 4. The fourth-order valence-electron chi connectivity index (χ4n) is 2.88. The van der Waals surface area contributed by atoms with Crippen molar-refractivity contribution in [2.45, 2.75) is 51.6 Å². The molecule has 0 heterocycles. The van der Waals surface area contributed by atoms with E-state index in [2.05, 4.69) is 5.32 Å². The van der Waals surface area contributed by atoms with Crippen LogP contribution in [0.3, 0.4) is 0 Å². The van der Waals surface area contributed by atoms with Crippen molar-refractivity contribution in [3.63, 3.8) is 0 Å². The molecular weight excluding hydrogens is 510 g/mol. The maximum absolute atomic E-state index is 13.2. The first-order valence-corrected chi connectivity index (χ1v) is 12.8. The zero-order valence-electron chi connectivity index (χ0n) is 18.1. The smallest absolute Gasteiger partial charge is 0.242 e. The summed E-state index contributed by atoms with van der Waals surface area (Å²) in [7, 11) is 0. The maximum Gasteiger partial charge on any atom is 0.242 e. The van der Waals surface area contributed by atoms with Gasteiger partial charge in [-0.25, -0.2) is 0 Å². The first-order valence-electron chi connectivity index (χ1n) is 10.2. The molecule has 0 bridgehead atoms. The molecule has 0 aliphatic rings. The van der Waals surface area contributed by atoms with Crippen LogP contribution in [0.1, 0.15) is 38.3 Å². The maximum atomic E-state index is 13.2. The van der Waals surface area contributed by atoms with Gasteiger partial charge in [-0.3, -0.25) is 9.59 Å². The lowest BCUT2D eigenvalue weighted by Crippen LogP contribution is -2.50. The summed E-state index contributed by atoms with van der Waals surface area (Å²) >= 11 is 26.0. The summed E-state index contributed by atoms with van der Waals surface area (Å²) in [6.45, 7) is 5.88. The average molecular weight is 536 g/mol. The number of amides is 2. The van der Waals surface area contributed by atoms with Crippen molar-refractivity contribution >= 4 is 70.0 Å². The first kappa shape index (κ1) is 27.1. The van der Waals surface area contributed by atoms with Crippen LogP contribution in [0.15, 0.2) is 36.4 Å². The molecule has 2 aromatic rings. The molecule has 0 saturated heterocycles. The molecule has 32 heavy (non-hydrogen) atoms. The monoisotopic (exact) mass is 534 g/mol. The second-order valence-corrected chi connectivity index (χ2v) is 10.1. The second-order valence-electron chi connectivity index (χ2n) is 7.46. The highest BCUT2D eigenvalue weighted by atomic mass is 35.5. The third-order valence-corrected chi connectivity index (χ3v) is 7.43. The molecule has 0 saturated carbocycles. The minimum Gasteiger partial charge on any atom is -0.352 e. The van der Waals surface area contributed by atoms with Crippen LogP contribution in [0.2, 0.25) is 20.1 Å². The minimum atomic E-state index is -0.657. The van der Waals surface area contributed by atoms with Crippen molar-refractivity contribution in [1.29, 1.82) is 0 Å². The molecule has 0 aliphatic carbocycles. The first-order chi connectivity index (χ1) is 15.1. The summed E-state index contributed by atoms with van der Waals surface area (Å²) in [6.07, 6.45) is 0.799.